The maximum Gasteiger partial charge on any atom is 0.312 e. The molecule has 1 aromatic heterocycles. The average molecular weight is 200 g/mol. The van der Waals surface area contributed by atoms with Crippen molar-refractivity contribution in [3.63, 3.8) is 0 Å². The lowest BCUT2D eigenvalue weighted by atomic mass is 10.1. The third-order valence-electron chi connectivity index (χ3n) is 1.94. The molecule has 0 saturated heterocycles. The van der Waals surface area contributed by atoms with Crippen LogP contribution in [0.4, 0.5) is 5.69 Å². The van der Waals surface area contributed by atoms with Gasteiger partial charge < -0.3 is 10.8 Å². The first-order valence-electron chi connectivity index (χ1n) is 4.05. The molecule has 0 bridgehead atoms. The number of nitro groups is 1. The van der Waals surface area contributed by atoms with Crippen LogP contribution in [0.25, 0.3) is 0 Å². The molecule has 0 amide bonds. The van der Waals surface area contributed by atoms with Crippen LogP contribution in [-0.2, 0) is 7.05 Å². The monoisotopic (exact) mass is 200 g/mol. The highest BCUT2D eigenvalue weighted by Crippen LogP contribution is 2.25. The van der Waals surface area contributed by atoms with Crippen LogP contribution in [0.15, 0.2) is 6.20 Å². The van der Waals surface area contributed by atoms with Gasteiger partial charge >= 0.3 is 5.69 Å². The van der Waals surface area contributed by atoms with Gasteiger partial charge in [-0.3, -0.25) is 14.8 Å². The first kappa shape index (κ1) is 10.6. The number of aliphatic hydroxyl groups is 1. The van der Waals surface area contributed by atoms with E-state index in [1.54, 1.807) is 6.92 Å². The van der Waals surface area contributed by atoms with Gasteiger partial charge in [-0.15, -0.1) is 0 Å². The summed E-state index contributed by atoms with van der Waals surface area (Å²) in [6.07, 6.45) is 0.0175. The van der Waals surface area contributed by atoms with Gasteiger partial charge in [0.15, 0.2) is 0 Å². The molecule has 7 heteroatoms. The number of aromatic nitrogens is 2. The minimum Gasteiger partial charge on any atom is -0.385 e. The molecule has 2 atom stereocenters. The average Bonchev–Trinajstić information content (AvgIpc) is 2.45. The molecule has 0 saturated carbocycles. The van der Waals surface area contributed by atoms with E-state index in [2.05, 4.69) is 5.10 Å². The third kappa shape index (κ3) is 1.73. The fourth-order valence-corrected chi connectivity index (χ4v) is 1.17. The molecule has 1 rings (SSSR count). The van der Waals surface area contributed by atoms with Crippen molar-refractivity contribution in [2.75, 3.05) is 0 Å². The summed E-state index contributed by atoms with van der Waals surface area (Å²) in [5.41, 5.74) is 5.37. The van der Waals surface area contributed by atoms with Crippen molar-refractivity contribution < 1.29 is 10.0 Å². The molecule has 0 aliphatic carbocycles. The van der Waals surface area contributed by atoms with Crippen molar-refractivity contribution in [3.8, 4) is 0 Å². The number of nitrogens with zero attached hydrogens (tertiary/aromatic N) is 3. The molecular weight excluding hydrogens is 188 g/mol. The Hall–Kier alpha value is -1.47. The van der Waals surface area contributed by atoms with E-state index in [-0.39, 0.29) is 11.4 Å². The van der Waals surface area contributed by atoms with Gasteiger partial charge in [0, 0.05) is 13.1 Å². The Bertz CT molecular complexity index is 347. The largest absolute Gasteiger partial charge is 0.385 e. The minimum absolute atomic E-state index is 0.130. The lowest BCUT2D eigenvalue weighted by Crippen LogP contribution is -2.26. The Kier molecular flexibility index (Phi) is 2.82. The second-order valence-corrected chi connectivity index (χ2v) is 3.10. The standard InChI is InChI=1S/C7H12N4O3/c1-4(8)7(12)6-5(11(13)14)3-9-10(6)2/h3-4,7,12H,8H2,1-2H3/t4-,7?/m0/s1. The number of hydrogen-bond acceptors (Lipinski definition) is 5. The molecule has 3 N–H and O–H groups in total. The maximum absolute atomic E-state index is 10.6. The van der Waals surface area contributed by atoms with E-state index in [4.69, 9.17) is 5.73 Å². The van der Waals surface area contributed by atoms with Crippen LogP contribution < -0.4 is 5.73 Å². The molecule has 7 nitrogen and oxygen atoms in total. The number of rotatable bonds is 3. The van der Waals surface area contributed by atoms with Gasteiger partial charge in [-0.05, 0) is 6.92 Å². The first-order valence-corrected chi connectivity index (χ1v) is 4.05. The lowest BCUT2D eigenvalue weighted by Gasteiger charge is -2.13. The predicted molar refractivity (Wildman–Crippen MR) is 48.5 cm³/mol. The van der Waals surface area contributed by atoms with Crippen molar-refractivity contribution in [3.05, 3.63) is 22.0 Å². The van der Waals surface area contributed by atoms with Gasteiger partial charge in [0.2, 0.25) is 0 Å². The fourth-order valence-electron chi connectivity index (χ4n) is 1.17. The highest BCUT2D eigenvalue weighted by molar-refractivity contribution is 5.35. The molecule has 1 heterocycles. The molecule has 0 aliphatic heterocycles. The molecule has 78 valence electrons. The highest BCUT2D eigenvalue weighted by atomic mass is 16.6. The van der Waals surface area contributed by atoms with Crippen molar-refractivity contribution >= 4 is 5.69 Å². The Balaban J connectivity index is 3.17. The van der Waals surface area contributed by atoms with Crippen molar-refractivity contribution in [2.24, 2.45) is 12.8 Å². The summed E-state index contributed by atoms with van der Waals surface area (Å²) in [7, 11) is 1.52. The fraction of sp³-hybridized carbons (Fsp3) is 0.571. The molecule has 0 spiro atoms. The smallest absolute Gasteiger partial charge is 0.312 e. The Labute approximate surface area is 80.3 Å². The zero-order valence-electron chi connectivity index (χ0n) is 7.91. The van der Waals surface area contributed by atoms with Crippen LogP contribution in [0.5, 0.6) is 0 Å². The number of hydrogen-bond donors (Lipinski definition) is 2. The van der Waals surface area contributed by atoms with E-state index in [0.717, 1.165) is 6.20 Å². The second-order valence-electron chi connectivity index (χ2n) is 3.10. The van der Waals surface area contributed by atoms with E-state index in [1.165, 1.54) is 11.7 Å². The molecule has 14 heavy (non-hydrogen) atoms. The van der Waals surface area contributed by atoms with Gasteiger partial charge in [-0.25, -0.2) is 0 Å². The highest BCUT2D eigenvalue weighted by Gasteiger charge is 2.27. The Morgan fingerprint density at radius 2 is 2.36 bits per heavy atom. The normalized spacial score (nSPS) is 15.1. The predicted octanol–water partition coefficient (Wildman–Crippen LogP) is -0.291. The van der Waals surface area contributed by atoms with Gasteiger partial charge in [-0.2, -0.15) is 5.10 Å². The third-order valence-corrected chi connectivity index (χ3v) is 1.94. The van der Waals surface area contributed by atoms with E-state index >= 15 is 0 Å². The molecule has 1 aromatic rings. The molecule has 0 radical (unpaired) electrons. The summed E-state index contributed by atoms with van der Waals surface area (Å²) in [6.45, 7) is 1.57. The van der Waals surface area contributed by atoms with Gasteiger partial charge in [0.1, 0.15) is 18.0 Å². The topological polar surface area (TPSA) is 107 Å². The van der Waals surface area contributed by atoms with E-state index in [9.17, 15) is 15.2 Å². The quantitative estimate of drug-likeness (QED) is 0.515. The summed E-state index contributed by atoms with van der Waals surface area (Å²) in [4.78, 5) is 9.97. The minimum atomic E-state index is -1.08. The lowest BCUT2D eigenvalue weighted by molar-refractivity contribution is -0.386. The summed E-state index contributed by atoms with van der Waals surface area (Å²) in [6, 6.07) is -0.580. The van der Waals surface area contributed by atoms with Crippen LogP contribution >= 0.6 is 0 Å². The second kappa shape index (κ2) is 3.72. The Morgan fingerprint density at radius 3 is 2.79 bits per heavy atom. The summed E-state index contributed by atoms with van der Waals surface area (Å²) < 4.78 is 1.26. The first-order chi connectivity index (χ1) is 6.45. The zero-order chi connectivity index (χ0) is 10.9. The number of aliphatic hydroxyl groups excluding tert-OH is 1. The summed E-state index contributed by atoms with van der Waals surface area (Å²) >= 11 is 0. The van der Waals surface area contributed by atoms with Crippen molar-refractivity contribution in [1.82, 2.24) is 9.78 Å². The van der Waals surface area contributed by atoms with Crippen LogP contribution in [0.3, 0.4) is 0 Å². The summed E-state index contributed by atoms with van der Waals surface area (Å²) in [5.74, 6) is 0. The van der Waals surface area contributed by atoms with Gasteiger partial charge in [-0.1, -0.05) is 0 Å². The van der Waals surface area contributed by atoms with Crippen LogP contribution in [0.2, 0.25) is 0 Å². The SMILES string of the molecule is C[C@H](N)C(O)c1c([N+](=O)[O-])cnn1C. The number of nitrogens with two attached hydrogens (primary N) is 1. The van der Waals surface area contributed by atoms with Crippen LogP contribution in [0.1, 0.15) is 18.7 Å². The zero-order valence-corrected chi connectivity index (χ0v) is 7.91. The van der Waals surface area contributed by atoms with E-state index in [1.807, 2.05) is 0 Å². The Morgan fingerprint density at radius 1 is 1.79 bits per heavy atom. The van der Waals surface area contributed by atoms with Crippen molar-refractivity contribution in [1.29, 1.82) is 0 Å². The number of aryl methyl sites for hydroxylation is 1. The van der Waals surface area contributed by atoms with Crippen LogP contribution in [0, 0.1) is 10.1 Å². The molecule has 0 aromatic carbocycles. The van der Waals surface area contributed by atoms with Crippen molar-refractivity contribution in [2.45, 2.75) is 19.1 Å². The van der Waals surface area contributed by atoms with Gasteiger partial charge in [0.25, 0.3) is 0 Å². The molecular formula is C7H12N4O3. The van der Waals surface area contributed by atoms with Gasteiger partial charge in [0.05, 0.1) is 4.92 Å². The maximum atomic E-state index is 10.6. The molecule has 0 aliphatic rings. The summed E-state index contributed by atoms with van der Waals surface area (Å²) in [5, 5.41) is 23.9. The molecule has 0 fully saturated rings. The van der Waals surface area contributed by atoms with E-state index in [0.29, 0.717) is 0 Å². The van der Waals surface area contributed by atoms with E-state index < -0.39 is 17.1 Å². The molecule has 1 unspecified atom stereocenters. The van der Waals surface area contributed by atoms with Crippen LogP contribution in [-0.4, -0.2) is 25.9 Å².